The van der Waals surface area contributed by atoms with E-state index in [2.05, 4.69) is 24.1 Å². The first kappa shape index (κ1) is 25.3. The fourth-order valence-electron chi connectivity index (χ4n) is 4.64. The van der Waals surface area contributed by atoms with Gasteiger partial charge in [0.1, 0.15) is 5.75 Å². The van der Waals surface area contributed by atoms with Gasteiger partial charge in [-0.1, -0.05) is 24.3 Å². The van der Waals surface area contributed by atoms with Crippen molar-refractivity contribution in [2.45, 2.75) is 51.0 Å². The molecule has 3 rings (SSSR count). The van der Waals surface area contributed by atoms with Crippen molar-refractivity contribution in [1.29, 1.82) is 0 Å². The van der Waals surface area contributed by atoms with Gasteiger partial charge in [-0.2, -0.15) is 0 Å². The van der Waals surface area contributed by atoms with Gasteiger partial charge in [0, 0.05) is 29.5 Å². The van der Waals surface area contributed by atoms with Crippen LogP contribution in [0, 0.1) is 25.7 Å². The van der Waals surface area contributed by atoms with Crippen LogP contribution in [0.25, 0.3) is 0 Å². The standard InChI is InChI=1S/C27H35NO4S/c1-17-13-19(14-18(2)25(17)32-27(3,4)26(30)31)7-8-21-15-28(5)16-23(21)24(29)20-9-11-22(33-6)12-10-20/h9-14,21,23H,7-8,15-16H2,1-6H3,(H,30,31). The van der Waals surface area contributed by atoms with Gasteiger partial charge < -0.3 is 14.7 Å². The Morgan fingerprint density at radius 3 is 2.27 bits per heavy atom. The number of aryl methyl sites for hydroxylation is 3. The first-order valence-corrected chi connectivity index (χ1v) is 12.6. The number of carboxylic acids is 1. The maximum absolute atomic E-state index is 13.3. The molecule has 2 aromatic carbocycles. The van der Waals surface area contributed by atoms with Crippen LogP contribution in [0.3, 0.4) is 0 Å². The smallest absolute Gasteiger partial charge is 0.347 e. The van der Waals surface area contributed by atoms with Crippen LogP contribution in [0.1, 0.15) is 47.3 Å². The fourth-order valence-corrected chi connectivity index (χ4v) is 5.05. The maximum Gasteiger partial charge on any atom is 0.347 e. The quantitative estimate of drug-likeness (QED) is 0.399. The second-order valence-electron chi connectivity index (χ2n) is 9.70. The number of hydrogen-bond donors (Lipinski definition) is 1. The molecule has 0 aromatic heterocycles. The summed E-state index contributed by atoms with van der Waals surface area (Å²) in [7, 11) is 2.09. The lowest BCUT2D eigenvalue weighted by molar-refractivity contribution is -0.152. The molecule has 0 radical (unpaired) electrons. The number of benzene rings is 2. The summed E-state index contributed by atoms with van der Waals surface area (Å²) in [4.78, 5) is 28.1. The number of Topliss-reactive ketones (excluding diaryl/α,β-unsaturated/α-hetero) is 1. The number of nitrogens with zero attached hydrogens (tertiary/aromatic N) is 1. The summed E-state index contributed by atoms with van der Waals surface area (Å²) in [6, 6.07) is 12.1. The van der Waals surface area contributed by atoms with Crippen LogP contribution in [0.2, 0.25) is 0 Å². The molecule has 6 heteroatoms. The highest BCUT2D eigenvalue weighted by Crippen LogP contribution is 2.33. The zero-order valence-electron chi connectivity index (χ0n) is 20.5. The number of hydrogen-bond acceptors (Lipinski definition) is 5. The number of carbonyl (C=O) groups is 2. The van der Waals surface area contributed by atoms with Crippen molar-refractivity contribution in [1.82, 2.24) is 4.90 Å². The largest absolute Gasteiger partial charge is 0.478 e. The van der Waals surface area contributed by atoms with Crippen molar-refractivity contribution < 1.29 is 19.4 Å². The number of carbonyl (C=O) groups excluding carboxylic acids is 1. The molecular formula is C27H35NO4S. The summed E-state index contributed by atoms with van der Waals surface area (Å²) >= 11 is 1.68. The highest BCUT2D eigenvalue weighted by atomic mass is 32.2. The predicted octanol–water partition coefficient (Wildman–Crippen LogP) is 5.26. The van der Waals surface area contributed by atoms with E-state index in [0.29, 0.717) is 11.7 Å². The molecule has 0 amide bonds. The van der Waals surface area contributed by atoms with Crippen molar-refractivity contribution in [2.75, 3.05) is 26.4 Å². The fraction of sp³-hybridized carbons (Fsp3) is 0.481. The Balaban J connectivity index is 1.71. The summed E-state index contributed by atoms with van der Waals surface area (Å²) < 4.78 is 5.83. The maximum atomic E-state index is 13.3. The van der Waals surface area contributed by atoms with Crippen molar-refractivity contribution >= 4 is 23.5 Å². The third kappa shape index (κ3) is 5.98. The molecule has 1 fully saturated rings. The molecule has 1 saturated heterocycles. The topological polar surface area (TPSA) is 66.8 Å². The van der Waals surface area contributed by atoms with E-state index >= 15 is 0 Å². The van der Waals surface area contributed by atoms with E-state index in [1.165, 1.54) is 5.56 Å². The first-order valence-electron chi connectivity index (χ1n) is 11.4. The van der Waals surface area contributed by atoms with Crippen LogP contribution in [0.5, 0.6) is 5.75 Å². The third-order valence-electron chi connectivity index (χ3n) is 6.53. The van der Waals surface area contributed by atoms with Crippen molar-refractivity contribution in [3.63, 3.8) is 0 Å². The Bertz CT molecular complexity index is 992. The molecule has 0 aliphatic carbocycles. The normalized spacial score (nSPS) is 19.0. The third-order valence-corrected chi connectivity index (χ3v) is 7.27. The minimum Gasteiger partial charge on any atom is -0.478 e. The van der Waals surface area contributed by atoms with Crippen LogP contribution < -0.4 is 4.74 Å². The summed E-state index contributed by atoms with van der Waals surface area (Å²) in [5.74, 6) is 0.202. The molecule has 2 unspecified atom stereocenters. The molecule has 33 heavy (non-hydrogen) atoms. The molecule has 0 bridgehead atoms. The van der Waals surface area contributed by atoms with Gasteiger partial charge >= 0.3 is 5.97 Å². The molecule has 1 aliphatic rings. The van der Waals surface area contributed by atoms with Crippen LogP contribution in [-0.4, -0.2) is 53.8 Å². The minimum atomic E-state index is -1.28. The average Bonchev–Trinajstić information content (AvgIpc) is 3.14. The Morgan fingerprint density at radius 1 is 1.12 bits per heavy atom. The van der Waals surface area contributed by atoms with Gasteiger partial charge in [0.25, 0.3) is 0 Å². The average molecular weight is 470 g/mol. The SMILES string of the molecule is CSc1ccc(C(=O)C2CN(C)CC2CCc2cc(C)c(OC(C)(C)C(=O)O)c(C)c2)cc1. The molecular weight excluding hydrogens is 434 g/mol. The predicted molar refractivity (Wildman–Crippen MR) is 134 cm³/mol. The number of thioether (sulfide) groups is 1. The van der Waals surface area contributed by atoms with Gasteiger partial charge in [-0.3, -0.25) is 4.79 Å². The van der Waals surface area contributed by atoms with E-state index in [1.807, 2.05) is 44.4 Å². The molecule has 0 saturated carbocycles. The van der Waals surface area contributed by atoms with Crippen LogP contribution in [0.4, 0.5) is 0 Å². The Hall–Kier alpha value is -2.31. The Kier molecular flexibility index (Phi) is 7.91. The number of carboxylic acid groups (broad SMARTS) is 1. The lowest BCUT2D eigenvalue weighted by Crippen LogP contribution is -2.38. The summed E-state index contributed by atoms with van der Waals surface area (Å²) in [6.45, 7) is 8.75. The molecule has 1 aliphatic heterocycles. The van der Waals surface area contributed by atoms with Gasteiger partial charge in [-0.15, -0.1) is 11.8 Å². The number of ketones is 1. The molecule has 178 valence electrons. The van der Waals surface area contributed by atoms with Gasteiger partial charge in [-0.05, 0) is 88.6 Å². The lowest BCUT2D eigenvalue weighted by atomic mass is 9.84. The number of likely N-dealkylation sites (tertiary alicyclic amines) is 1. The van der Waals surface area contributed by atoms with Gasteiger partial charge in [0.2, 0.25) is 0 Å². The first-order chi connectivity index (χ1) is 15.5. The Morgan fingerprint density at radius 2 is 1.73 bits per heavy atom. The molecule has 1 heterocycles. The van der Waals surface area contributed by atoms with E-state index in [-0.39, 0.29) is 11.7 Å². The number of rotatable bonds is 9. The number of aliphatic carboxylic acids is 1. The minimum absolute atomic E-state index is 0.0105. The number of ether oxygens (including phenoxy) is 1. The second kappa shape index (κ2) is 10.3. The zero-order chi connectivity index (χ0) is 24.3. The van der Waals surface area contributed by atoms with E-state index in [4.69, 9.17) is 4.74 Å². The van der Waals surface area contributed by atoms with Crippen LogP contribution in [-0.2, 0) is 11.2 Å². The van der Waals surface area contributed by atoms with E-state index in [0.717, 1.165) is 47.5 Å². The monoisotopic (exact) mass is 469 g/mol. The molecule has 1 N–H and O–H groups in total. The van der Waals surface area contributed by atoms with Crippen molar-refractivity contribution in [3.8, 4) is 5.75 Å². The van der Waals surface area contributed by atoms with Gasteiger partial charge in [0.15, 0.2) is 11.4 Å². The highest BCUT2D eigenvalue weighted by molar-refractivity contribution is 7.98. The lowest BCUT2D eigenvalue weighted by Gasteiger charge is -2.25. The Labute approximate surface area is 201 Å². The second-order valence-corrected chi connectivity index (χ2v) is 10.6. The summed E-state index contributed by atoms with van der Waals surface area (Å²) in [5, 5.41) is 9.39. The van der Waals surface area contributed by atoms with Crippen LogP contribution >= 0.6 is 11.8 Å². The van der Waals surface area contributed by atoms with E-state index in [1.54, 1.807) is 25.6 Å². The summed E-state index contributed by atoms with van der Waals surface area (Å²) in [6.07, 6.45) is 3.84. The molecule has 2 atom stereocenters. The van der Waals surface area contributed by atoms with E-state index in [9.17, 15) is 14.7 Å². The zero-order valence-corrected chi connectivity index (χ0v) is 21.3. The van der Waals surface area contributed by atoms with Gasteiger partial charge in [-0.25, -0.2) is 4.79 Å². The van der Waals surface area contributed by atoms with Crippen LogP contribution in [0.15, 0.2) is 41.3 Å². The van der Waals surface area contributed by atoms with Crippen molar-refractivity contribution in [2.24, 2.45) is 11.8 Å². The van der Waals surface area contributed by atoms with E-state index < -0.39 is 11.6 Å². The highest BCUT2D eigenvalue weighted by Gasteiger charge is 2.36. The molecule has 5 nitrogen and oxygen atoms in total. The summed E-state index contributed by atoms with van der Waals surface area (Å²) in [5.41, 5.74) is 2.57. The van der Waals surface area contributed by atoms with Gasteiger partial charge in [0.05, 0.1) is 0 Å². The molecule has 0 spiro atoms. The van der Waals surface area contributed by atoms with Crippen molar-refractivity contribution in [3.05, 3.63) is 58.7 Å². The molecule has 2 aromatic rings.